The van der Waals surface area contributed by atoms with Crippen molar-refractivity contribution in [2.45, 2.75) is 32.4 Å². The van der Waals surface area contributed by atoms with Crippen molar-refractivity contribution in [3.63, 3.8) is 0 Å². The summed E-state index contributed by atoms with van der Waals surface area (Å²) < 4.78 is 4.98. The molecule has 1 atom stereocenters. The van der Waals surface area contributed by atoms with Gasteiger partial charge in [-0.25, -0.2) is 4.79 Å². The maximum Gasteiger partial charge on any atom is 0.371 e. The lowest BCUT2D eigenvalue weighted by Gasteiger charge is -2.09. The van der Waals surface area contributed by atoms with Crippen LogP contribution >= 0.6 is 0 Å². The molecule has 17 heavy (non-hydrogen) atoms. The van der Waals surface area contributed by atoms with E-state index in [4.69, 9.17) is 15.3 Å². The van der Waals surface area contributed by atoms with E-state index in [1.165, 1.54) is 12.1 Å². The minimum atomic E-state index is -1.13. The van der Waals surface area contributed by atoms with E-state index in [2.05, 4.69) is 5.32 Å². The second-order valence-corrected chi connectivity index (χ2v) is 3.68. The predicted molar refractivity (Wildman–Crippen MR) is 60.4 cm³/mol. The molecule has 4 N–H and O–H groups in total. The van der Waals surface area contributed by atoms with Crippen LogP contribution in [0, 0.1) is 0 Å². The summed E-state index contributed by atoms with van der Waals surface area (Å²) in [5.74, 6) is -1.16. The second-order valence-electron chi connectivity index (χ2n) is 3.68. The van der Waals surface area contributed by atoms with Crippen LogP contribution in [0.15, 0.2) is 16.5 Å². The fraction of sp³-hybridized carbons (Fsp3) is 0.455. The van der Waals surface area contributed by atoms with Gasteiger partial charge in [0.2, 0.25) is 11.7 Å². The summed E-state index contributed by atoms with van der Waals surface area (Å²) in [4.78, 5) is 22.0. The Hall–Kier alpha value is -1.82. The van der Waals surface area contributed by atoms with Crippen molar-refractivity contribution in [1.82, 2.24) is 5.32 Å². The summed E-state index contributed by atoms with van der Waals surface area (Å²) in [6.45, 7) is 2.09. The molecule has 1 heterocycles. The number of hydrogen-bond acceptors (Lipinski definition) is 4. The van der Waals surface area contributed by atoms with Crippen LogP contribution in [-0.2, 0) is 11.3 Å². The number of carboxylic acids is 1. The Balaban J connectivity index is 2.44. The first-order valence-corrected chi connectivity index (χ1v) is 5.40. The summed E-state index contributed by atoms with van der Waals surface area (Å²) in [6.07, 6.45) is 1.45. The zero-order valence-corrected chi connectivity index (χ0v) is 9.60. The molecule has 1 amide bonds. The van der Waals surface area contributed by atoms with Gasteiger partial charge in [0.1, 0.15) is 5.76 Å². The van der Waals surface area contributed by atoms with Crippen molar-refractivity contribution in [2.75, 3.05) is 0 Å². The highest BCUT2D eigenvalue weighted by atomic mass is 16.4. The van der Waals surface area contributed by atoms with E-state index in [-0.39, 0.29) is 18.2 Å². The Morgan fingerprint density at radius 2 is 2.24 bits per heavy atom. The zero-order chi connectivity index (χ0) is 12.8. The van der Waals surface area contributed by atoms with Crippen LogP contribution in [0.1, 0.15) is 36.1 Å². The fourth-order valence-corrected chi connectivity index (χ4v) is 1.34. The highest BCUT2D eigenvalue weighted by molar-refractivity contribution is 5.84. The molecule has 0 saturated carbocycles. The molecule has 0 aliphatic carbocycles. The molecular formula is C11H16N2O4. The molecule has 0 aliphatic heterocycles. The van der Waals surface area contributed by atoms with Gasteiger partial charge in [-0.2, -0.15) is 0 Å². The van der Waals surface area contributed by atoms with Crippen LogP contribution in [0.4, 0.5) is 0 Å². The molecule has 0 aromatic carbocycles. The molecule has 0 radical (unpaired) electrons. The molecule has 1 aromatic heterocycles. The number of aromatic carboxylic acids is 1. The second kappa shape index (κ2) is 6.05. The van der Waals surface area contributed by atoms with Crippen LogP contribution in [0.25, 0.3) is 0 Å². The van der Waals surface area contributed by atoms with Gasteiger partial charge in [-0.15, -0.1) is 0 Å². The van der Waals surface area contributed by atoms with Gasteiger partial charge in [0.05, 0.1) is 12.6 Å². The van der Waals surface area contributed by atoms with Gasteiger partial charge in [-0.3, -0.25) is 4.79 Å². The number of carbonyl (C=O) groups excluding carboxylic acids is 1. The molecule has 6 heteroatoms. The molecule has 0 aliphatic rings. The third-order valence-electron chi connectivity index (χ3n) is 2.25. The molecule has 0 fully saturated rings. The highest BCUT2D eigenvalue weighted by Gasteiger charge is 2.13. The lowest BCUT2D eigenvalue weighted by molar-refractivity contribution is -0.122. The highest BCUT2D eigenvalue weighted by Crippen LogP contribution is 2.07. The average molecular weight is 240 g/mol. The Kier molecular flexibility index (Phi) is 4.71. The molecule has 0 bridgehead atoms. The number of hydrogen-bond donors (Lipinski definition) is 3. The molecule has 94 valence electrons. The quantitative estimate of drug-likeness (QED) is 0.679. The van der Waals surface area contributed by atoms with Crippen LogP contribution in [0.2, 0.25) is 0 Å². The van der Waals surface area contributed by atoms with E-state index < -0.39 is 12.0 Å². The van der Waals surface area contributed by atoms with Gasteiger partial charge >= 0.3 is 5.97 Å². The molecule has 1 unspecified atom stereocenters. The minimum absolute atomic E-state index is 0.142. The average Bonchev–Trinajstić information content (AvgIpc) is 2.75. The van der Waals surface area contributed by atoms with Crippen LogP contribution in [0.3, 0.4) is 0 Å². The number of nitrogens with two attached hydrogens (primary N) is 1. The Bertz CT molecular complexity index is 400. The fourth-order valence-electron chi connectivity index (χ4n) is 1.34. The van der Waals surface area contributed by atoms with Crippen LogP contribution < -0.4 is 11.1 Å². The van der Waals surface area contributed by atoms with Gasteiger partial charge in [0.15, 0.2) is 0 Å². The summed E-state index contributed by atoms with van der Waals surface area (Å²) in [5, 5.41) is 11.2. The standard InChI is InChI=1S/C11H16N2O4/c1-2-3-8(12)10(14)13-6-7-4-5-9(17-7)11(15)16/h4-5,8H,2-3,6,12H2,1H3,(H,13,14)(H,15,16). The molecule has 0 spiro atoms. The van der Waals surface area contributed by atoms with E-state index >= 15 is 0 Å². The van der Waals surface area contributed by atoms with E-state index in [1.807, 2.05) is 6.92 Å². The summed E-state index contributed by atoms with van der Waals surface area (Å²) in [5.41, 5.74) is 5.61. The number of furan rings is 1. The van der Waals surface area contributed by atoms with Gasteiger partial charge in [-0.1, -0.05) is 13.3 Å². The number of nitrogens with one attached hydrogen (secondary N) is 1. The first-order valence-electron chi connectivity index (χ1n) is 5.40. The Morgan fingerprint density at radius 1 is 1.53 bits per heavy atom. The van der Waals surface area contributed by atoms with Gasteiger partial charge in [-0.05, 0) is 18.6 Å². The van der Waals surface area contributed by atoms with Crippen LogP contribution in [-0.4, -0.2) is 23.0 Å². The summed E-state index contributed by atoms with van der Waals surface area (Å²) >= 11 is 0. The SMILES string of the molecule is CCCC(N)C(=O)NCc1ccc(C(=O)O)o1. The minimum Gasteiger partial charge on any atom is -0.475 e. The molecule has 1 rings (SSSR count). The van der Waals surface area contributed by atoms with Gasteiger partial charge in [0, 0.05) is 0 Å². The van der Waals surface area contributed by atoms with E-state index in [1.54, 1.807) is 0 Å². The molecular weight excluding hydrogens is 224 g/mol. The molecule has 1 aromatic rings. The topological polar surface area (TPSA) is 106 Å². The van der Waals surface area contributed by atoms with Crippen molar-refractivity contribution >= 4 is 11.9 Å². The van der Waals surface area contributed by atoms with Crippen molar-refractivity contribution in [2.24, 2.45) is 5.73 Å². The maximum absolute atomic E-state index is 11.5. The third kappa shape index (κ3) is 3.92. The van der Waals surface area contributed by atoms with Gasteiger partial charge in [0.25, 0.3) is 0 Å². The Morgan fingerprint density at radius 3 is 2.76 bits per heavy atom. The maximum atomic E-state index is 11.5. The van der Waals surface area contributed by atoms with Crippen molar-refractivity contribution < 1.29 is 19.1 Å². The van der Waals surface area contributed by atoms with Crippen LogP contribution in [0.5, 0.6) is 0 Å². The van der Waals surface area contributed by atoms with E-state index in [0.717, 1.165) is 6.42 Å². The van der Waals surface area contributed by atoms with Crippen molar-refractivity contribution in [3.8, 4) is 0 Å². The normalized spacial score (nSPS) is 12.1. The summed E-state index contributed by atoms with van der Waals surface area (Å²) in [6, 6.07) is 2.32. The monoisotopic (exact) mass is 240 g/mol. The first-order chi connectivity index (χ1) is 8.04. The Labute approximate surface area is 98.8 Å². The number of carbonyl (C=O) groups is 2. The predicted octanol–water partition coefficient (Wildman–Crippen LogP) is 0.721. The lowest BCUT2D eigenvalue weighted by Crippen LogP contribution is -2.39. The molecule has 6 nitrogen and oxygen atoms in total. The van der Waals surface area contributed by atoms with E-state index in [9.17, 15) is 9.59 Å². The van der Waals surface area contributed by atoms with Gasteiger partial charge < -0.3 is 20.6 Å². The number of carboxylic acid groups (broad SMARTS) is 1. The number of amides is 1. The smallest absolute Gasteiger partial charge is 0.371 e. The summed E-state index contributed by atoms with van der Waals surface area (Å²) in [7, 11) is 0. The van der Waals surface area contributed by atoms with Crippen molar-refractivity contribution in [3.05, 3.63) is 23.7 Å². The van der Waals surface area contributed by atoms with E-state index in [0.29, 0.717) is 12.2 Å². The first kappa shape index (κ1) is 13.2. The number of rotatable bonds is 6. The zero-order valence-electron chi connectivity index (χ0n) is 9.60. The largest absolute Gasteiger partial charge is 0.475 e. The lowest BCUT2D eigenvalue weighted by atomic mass is 10.2. The van der Waals surface area contributed by atoms with Crippen molar-refractivity contribution in [1.29, 1.82) is 0 Å². The molecule has 0 saturated heterocycles. The third-order valence-corrected chi connectivity index (χ3v) is 2.25.